The molecule has 0 spiro atoms. The van der Waals surface area contributed by atoms with Gasteiger partial charge in [0.2, 0.25) is 5.91 Å². The lowest BCUT2D eigenvalue weighted by molar-refractivity contribution is -0.116. The summed E-state index contributed by atoms with van der Waals surface area (Å²) < 4.78 is 16.1. The highest BCUT2D eigenvalue weighted by atomic mass is 16.5. The Balaban J connectivity index is 1.60. The number of anilines is 1. The Labute approximate surface area is 174 Å². The van der Waals surface area contributed by atoms with Gasteiger partial charge in [-0.25, -0.2) is 4.98 Å². The normalized spacial score (nSPS) is 10.5. The maximum atomic E-state index is 12.4. The molecular formula is C22H23N3O5. The molecule has 3 N–H and O–H groups in total. The second kappa shape index (κ2) is 9.60. The van der Waals surface area contributed by atoms with Gasteiger partial charge < -0.3 is 24.9 Å². The molecule has 1 heterocycles. The standard InChI is InChI=1S/C22H23N3O5/c1-28-17-11-15(22(23)27)16(12-18(17)29-2)25-20(26)9-6-10-21-24-13-19(30-21)14-7-4-3-5-8-14/h3-5,7-8,11-13H,6,9-10H2,1-2H3,(H2,23,27)(H,25,26). The number of hydrogen-bond acceptors (Lipinski definition) is 6. The average molecular weight is 409 g/mol. The largest absolute Gasteiger partial charge is 0.493 e. The van der Waals surface area contributed by atoms with Crippen LogP contribution in [-0.4, -0.2) is 31.0 Å². The molecule has 0 bridgehead atoms. The van der Waals surface area contributed by atoms with Gasteiger partial charge in [-0.05, 0) is 12.5 Å². The van der Waals surface area contributed by atoms with E-state index in [9.17, 15) is 9.59 Å². The van der Waals surface area contributed by atoms with Gasteiger partial charge >= 0.3 is 0 Å². The van der Waals surface area contributed by atoms with E-state index < -0.39 is 5.91 Å². The fourth-order valence-corrected chi connectivity index (χ4v) is 2.96. The molecule has 1 aromatic heterocycles. The third kappa shape index (κ3) is 4.96. The van der Waals surface area contributed by atoms with E-state index in [1.165, 1.54) is 26.4 Å². The topological polar surface area (TPSA) is 117 Å². The maximum absolute atomic E-state index is 12.4. The summed E-state index contributed by atoms with van der Waals surface area (Å²) in [5, 5.41) is 2.71. The van der Waals surface area contributed by atoms with Crippen LogP contribution in [0.15, 0.2) is 53.1 Å². The Hall–Kier alpha value is -3.81. The molecule has 156 valence electrons. The van der Waals surface area contributed by atoms with Crippen LogP contribution in [0.4, 0.5) is 5.69 Å². The minimum absolute atomic E-state index is 0.140. The van der Waals surface area contributed by atoms with E-state index in [1.807, 2.05) is 30.3 Å². The van der Waals surface area contributed by atoms with Gasteiger partial charge in [0.1, 0.15) is 0 Å². The summed E-state index contributed by atoms with van der Waals surface area (Å²) in [6.07, 6.45) is 2.93. The zero-order valence-electron chi connectivity index (χ0n) is 16.8. The Morgan fingerprint density at radius 1 is 1.10 bits per heavy atom. The molecule has 0 saturated carbocycles. The second-order valence-corrected chi connectivity index (χ2v) is 6.50. The fraction of sp³-hybridized carbons (Fsp3) is 0.227. The van der Waals surface area contributed by atoms with Crippen molar-refractivity contribution in [3.63, 3.8) is 0 Å². The van der Waals surface area contributed by atoms with Crippen molar-refractivity contribution < 1.29 is 23.5 Å². The summed E-state index contributed by atoms with van der Waals surface area (Å²) in [5.74, 6) is 1.03. The maximum Gasteiger partial charge on any atom is 0.250 e. The fourth-order valence-electron chi connectivity index (χ4n) is 2.96. The van der Waals surface area contributed by atoms with Gasteiger partial charge in [0.05, 0.1) is 31.7 Å². The molecule has 0 radical (unpaired) electrons. The molecule has 8 heteroatoms. The lowest BCUT2D eigenvalue weighted by atomic mass is 10.1. The van der Waals surface area contributed by atoms with E-state index in [1.54, 1.807) is 6.20 Å². The van der Waals surface area contributed by atoms with Crippen molar-refractivity contribution in [2.75, 3.05) is 19.5 Å². The van der Waals surface area contributed by atoms with Crippen LogP contribution < -0.4 is 20.5 Å². The third-order valence-corrected chi connectivity index (χ3v) is 4.47. The highest BCUT2D eigenvalue weighted by Gasteiger charge is 2.17. The predicted molar refractivity (Wildman–Crippen MR) is 112 cm³/mol. The van der Waals surface area contributed by atoms with Crippen LogP contribution in [0, 0.1) is 0 Å². The average Bonchev–Trinajstić information content (AvgIpc) is 3.22. The van der Waals surface area contributed by atoms with Crippen molar-refractivity contribution in [2.24, 2.45) is 5.73 Å². The third-order valence-electron chi connectivity index (χ3n) is 4.47. The molecule has 0 aliphatic heterocycles. The first-order valence-electron chi connectivity index (χ1n) is 9.37. The van der Waals surface area contributed by atoms with Crippen LogP contribution in [0.3, 0.4) is 0 Å². The Kier molecular flexibility index (Phi) is 6.69. The zero-order valence-corrected chi connectivity index (χ0v) is 16.8. The molecular weight excluding hydrogens is 386 g/mol. The molecule has 3 rings (SSSR count). The predicted octanol–water partition coefficient (Wildman–Crippen LogP) is 3.42. The van der Waals surface area contributed by atoms with Crippen LogP contribution in [0.1, 0.15) is 29.1 Å². The van der Waals surface area contributed by atoms with Gasteiger partial charge in [0.25, 0.3) is 5.91 Å². The Bertz CT molecular complexity index is 1030. The van der Waals surface area contributed by atoms with Gasteiger partial charge in [-0.1, -0.05) is 30.3 Å². The summed E-state index contributed by atoms with van der Waals surface area (Å²) in [4.78, 5) is 28.4. The number of oxazole rings is 1. The lowest BCUT2D eigenvalue weighted by Crippen LogP contribution is -2.18. The summed E-state index contributed by atoms with van der Waals surface area (Å²) in [5.41, 5.74) is 6.78. The molecule has 8 nitrogen and oxygen atoms in total. The molecule has 0 fully saturated rings. The number of ether oxygens (including phenoxy) is 2. The summed E-state index contributed by atoms with van der Waals surface area (Å²) in [7, 11) is 2.92. The number of carbonyl (C=O) groups excluding carboxylic acids is 2. The number of hydrogen-bond donors (Lipinski definition) is 2. The molecule has 0 atom stereocenters. The van der Waals surface area contributed by atoms with E-state index in [0.717, 1.165) is 5.56 Å². The van der Waals surface area contributed by atoms with Gasteiger partial charge in [-0.2, -0.15) is 0 Å². The molecule has 0 aliphatic rings. The molecule has 0 unspecified atom stereocenters. The van der Waals surface area contributed by atoms with Crippen molar-refractivity contribution in [1.82, 2.24) is 4.98 Å². The van der Waals surface area contributed by atoms with Crippen molar-refractivity contribution in [3.05, 3.63) is 60.1 Å². The van der Waals surface area contributed by atoms with Crippen LogP contribution in [0.5, 0.6) is 11.5 Å². The van der Waals surface area contributed by atoms with Gasteiger partial charge in [-0.15, -0.1) is 0 Å². The lowest BCUT2D eigenvalue weighted by Gasteiger charge is -2.14. The van der Waals surface area contributed by atoms with Gasteiger partial charge in [0.15, 0.2) is 23.1 Å². The first-order valence-corrected chi connectivity index (χ1v) is 9.37. The highest BCUT2D eigenvalue weighted by Crippen LogP contribution is 2.33. The molecule has 0 saturated heterocycles. The minimum atomic E-state index is -0.681. The summed E-state index contributed by atoms with van der Waals surface area (Å²) >= 11 is 0. The van der Waals surface area contributed by atoms with E-state index in [0.29, 0.717) is 36.0 Å². The number of methoxy groups -OCH3 is 2. The van der Waals surface area contributed by atoms with E-state index in [2.05, 4.69) is 10.3 Å². The monoisotopic (exact) mass is 409 g/mol. The number of carbonyl (C=O) groups is 2. The molecule has 2 amide bonds. The number of aryl methyl sites for hydroxylation is 1. The smallest absolute Gasteiger partial charge is 0.250 e. The van der Waals surface area contributed by atoms with Crippen molar-refractivity contribution >= 4 is 17.5 Å². The van der Waals surface area contributed by atoms with Crippen LogP contribution in [0.2, 0.25) is 0 Å². The number of nitrogens with two attached hydrogens (primary N) is 1. The number of nitrogens with zero attached hydrogens (tertiary/aromatic N) is 1. The van der Waals surface area contributed by atoms with Gasteiger partial charge in [0, 0.05) is 24.5 Å². The number of rotatable bonds is 9. The number of amides is 2. The SMILES string of the molecule is COc1cc(NC(=O)CCCc2ncc(-c3ccccc3)o2)c(C(N)=O)cc1OC. The quantitative estimate of drug-likeness (QED) is 0.559. The van der Waals surface area contributed by atoms with Crippen molar-refractivity contribution in [1.29, 1.82) is 0 Å². The Morgan fingerprint density at radius 3 is 2.47 bits per heavy atom. The van der Waals surface area contributed by atoms with Crippen LogP contribution in [0.25, 0.3) is 11.3 Å². The number of primary amides is 1. The van der Waals surface area contributed by atoms with Crippen molar-refractivity contribution in [3.8, 4) is 22.8 Å². The molecule has 0 aliphatic carbocycles. The van der Waals surface area contributed by atoms with E-state index in [4.69, 9.17) is 19.6 Å². The Morgan fingerprint density at radius 2 is 1.80 bits per heavy atom. The summed E-state index contributed by atoms with van der Waals surface area (Å²) in [6.45, 7) is 0. The van der Waals surface area contributed by atoms with Crippen molar-refractivity contribution in [2.45, 2.75) is 19.3 Å². The number of aromatic nitrogens is 1. The first-order chi connectivity index (χ1) is 14.5. The molecule has 30 heavy (non-hydrogen) atoms. The number of nitrogens with one attached hydrogen (secondary N) is 1. The van der Waals surface area contributed by atoms with Gasteiger partial charge in [-0.3, -0.25) is 9.59 Å². The van der Waals surface area contributed by atoms with E-state index >= 15 is 0 Å². The van der Waals surface area contributed by atoms with E-state index in [-0.39, 0.29) is 23.6 Å². The minimum Gasteiger partial charge on any atom is -0.493 e. The molecule has 2 aromatic carbocycles. The summed E-state index contributed by atoms with van der Waals surface area (Å²) in [6, 6.07) is 12.6. The van der Waals surface area contributed by atoms with Crippen LogP contribution >= 0.6 is 0 Å². The van der Waals surface area contributed by atoms with Crippen LogP contribution in [-0.2, 0) is 11.2 Å². The number of benzene rings is 2. The second-order valence-electron chi connectivity index (χ2n) is 6.50. The first kappa shape index (κ1) is 20.9. The zero-order chi connectivity index (χ0) is 21.5. The molecule has 3 aromatic rings. The highest BCUT2D eigenvalue weighted by molar-refractivity contribution is 6.03.